The molecule has 1 atom stereocenters. The van der Waals surface area contributed by atoms with E-state index in [1.54, 1.807) is 6.92 Å². The topological polar surface area (TPSA) is 78.3 Å². The summed E-state index contributed by atoms with van der Waals surface area (Å²) in [4.78, 5) is 24.2. The van der Waals surface area contributed by atoms with Crippen LogP contribution in [0.25, 0.3) is 11.3 Å². The molecule has 1 aliphatic heterocycles. The number of rotatable bonds is 6. The van der Waals surface area contributed by atoms with Crippen molar-refractivity contribution in [2.24, 2.45) is 5.92 Å². The zero-order valence-corrected chi connectivity index (χ0v) is 17.5. The Hall–Kier alpha value is -2.18. The maximum absolute atomic E-state index is 12.7. The molecular formula is C22H27ClN4O2. The number of halogens is 1. The van der Waals surface area contributed by atoms with Crippen molar-refractivity contribution >= 4 is 23.3 Å². The summed E-state index contributed by atoms with van der Waals surface area (Å²) < 4.78 is 0. The highest BCUT2D eigenvalue weighted by Gasteiger charge is 2.40. The second-order valence-electron chi connectivity index (χ2n) is 8.30. The van der Waals surface area contributed by atoms with Crippen LogP contribution in [0.1, 0.15) is 49.5 Å². The lowest BCUT2D eigenvalue weighted by Crippen LogP contribution is -2.42. The van der Waals surface area contributed by atoms with Crippen molar-refractivity contribution in [1.82, 2.24) is 15.3 Å². The minimum Gasteiger partial charge on any atom is -0.388 e. The van der Waals surface area contributed by atoms with Gasteiger partial charge in [-0.2, -0.15) is 0 Å². The summed E-state index contributed by atoms with van der Waals surface area (Å²) in [5.74, 6) is 0.743. The van der Waals surface area contributed by atoms with Crippen LogP contribution in [0, 0.1) is 5.92 Å². The first-order valence-electron chi connectivity index (χ1n) is 10.3. The Bertz CT molecular complexity index is 875. The Morgan fingerprint density at radius 3 is 2.59 bits per heavy atom. The zero-order chi connectivity index (χ0) is 20.4. The molecule has 6 nitrogen and oxygen atoms in total. The summed E-state index contributed by atoms with van der Waals surface area (Å²) in [6, 6.07) is 7.44. The molecule has 1 aliphatic carbocycles. The van der Waals surface area contributed by atoms with Crippen molar-refractivity contribution in [2.75, 3.05) is 24.5 Å². The maximum Gasteiger partial charge on any atom is 0.271 e. The minimum atomic E-state index is -0.879. The van der Waals surface area contributed by atoms with Crippen molar-refractivity contribution in [2.45, 2.75) is 44.6 Å². The third-order valence-electron chi connectivity index (χ3n) is 5.82. The molecule has 4 rings (SSSR count). The fourth-order valence-electron chi connectivity index (χ4n) is 3.83. The van der Waals surface area contributed by atoms with E-state index in [4.69, 9.17) is 11.6 Å². The van der Waals surface area contributed by atoms with Gasteiger partial charge in [0.1, 0.15) is 11.4 Å². The summed E-state index contributed by atoms with van der Waals surface area (Å²) >= 11 is 6.05. The molecule has 154 valence electrons. The predicted molar refractivity (Wildman–Crippen MR) is 114 cm³/mol. The average Bonchev–Trinajstić information content (AvgIpc) is 3.59. The van der Waals surface area contributed by atoms with Gasteiger partial charge in [-0.15, -0.1) is 0 Å². The Balaban J connectivity index is 1.60. The highest BCUT2D eigenvalue weighted by molar-refractivity contribution is 6.30. The van der Waals surface area contributed by atoms with Crippen LogP contribution < -0.4 is 10.2 Å². The number of aromatic nitrogens is 2. The molecule has 29 heavy (non-hydrogen) atoms. The van der Waals surface area contributed by atoms with Gasteiger partial charge in [-0.25, -0.2) is 9.97 Å². The normalized spacial score (nSPS) is 18.9. The standard InChI is InChI=1S/C22H27ClN4O2/c1-22(29,16-7-8-16)14-25-21(28)18-13-24-20(27-11-3-2-4-12-27)19(26-18)15-5-9-17(23)10-6-15/h5-6,9-10,13,16,29H,2-4,7-8,11-12,14H2,1H3,(H,25,28)/t22-/m0/s1. The fraction of sp³-hybridized carbons (Fsp3) is 0.500. The van der Waals surface area contributed by atoms with Crippen LogP contribution in [0.4, 0.5) is 5.82 Å². The molecule has 2 fully saturated rings. The number of amides is 1. The summed E-state index contributed by atoms with van der Waals surface area (Å²) in [7, 11) is 0. The number of carbonyl (C=O) groups is 1. The zero-order valence-electron chi connectivity index (χ0n) is 16.7. The van der Waals surface area contributed by atoms with E-state index in [0.29, 0.717) is 10.7 Å². The molecule has 1 saturated heterocycles. The number of aliphatic hydroxyl groups is 1. The van der Waals surface area contributed by atoms with Gasteiger partial charge in [-0.05, 0) is 57.1 Å². The third kappa shape index (κ3) is 4.70. The van der Waals surface area contributed by atoms with Gasteiger partial charge in [-0.1, -0.05) is 23.7 Å². The smallest absolute Gasteiger partial charge is 0.271 e. The Morgan fingerprint density at radius 2 is 1.93 bits per heavy atom. The monoisotopic (exact) mass is 414 g/mol. The molecule has 0 bridgehead atoms. The van der Waals surface area contributed by atoms with Crippen molar-refractivity contribution in [1.29, 1.82) is 0 Å². The van der Waals surface area contributed by atoms with Gasteiger partial charge in [0.2, 0.25) is 0 Å². The van der Waals surface area contributed by atoms with Crippen molar-refractivity contribution in [3.05, 3.63) is 41.2 Å². The Labute approximate surface area is 176 Å². The van der Waals surface area contributed by atoms with Gasteiger partial charge in [0.25, 0.3) is 5.91 Å². The molecule has 2 N–H and O–H groups in total. The van der Waals surface area contributed by atoms with Crippen LogP contribution in [-0.4, -0.2) is 46.2 Å². The van der Waals surface area contributed by atoms with Gasteiger partial charge in [0.05, 0.1) is 11.8 Å². The summed E-state index contributed by atoms with van der Waals surface area (Å²) in [6.45, 7) is 3.85. The van der Waals surface area contributed by atoms with Gasteiger partial charge < -0.3 is 15.3 Å². The lowest BCUT2D eigenvalue weighted by atomic mass is 10.0. The molecule has 0 unspecified atom stereocenters. The summed E-state index contributed by atoms with van der Waals surface area (Å²) in [6.07, 6.45) is 7.02. The van der Waals surface area contributed by atoms with E-state index >= 15 is 0 Å². The predicted octanol–water partition coefficient (Wildman–Crippen LogP) is 3.68. The van der Waals surface area contributed by atoms with Gasteiger partial charge >= 0.3 is 0 Å². The van der Waals surface area contributed by atoms with Crippen LogP contribution in [0.15, 0.2) is 30.5 Å². The van der Waals surface area contributed by atoms with E-state index in [0.717, 1.165) is 50.2 Å². The number of anilines is 1. The Kier molecular flexibility index (Phi) is 5.74. The minimum absolute atomic E-state index is 0.211. The number of benzene rings is 1. The van der Waals surface area contributed by atoms with Crippen LogP contribution in [-0.2, 0) is 0 Å². The first-order valence-corrected chi connectivity index (χ1v) is 10.7. The second-order valence-corrected chi connectivity index (χ2v) is 8.73. The molecule has 7 heteroatoms. The lowest BCUT2D eigenvalue weighted by molar-refractivity contribution is 0.0353. The number of nitrogens with one attached hydrogen (secondary N) is 1. The maximum atomic E-state index is 12.7. The van der Waals surface area contributed by atoms with Gasteiger partial charge in [-0.3, -0.25) is 4.79 Å². The van der Waals surface area contributed by atoms with E-state index in [1.807, 2.05) is 24.3 Å². The van der Waals surface area contributed by atoms with E-state index in [1.165, 1.54) is 12.6 Å². The number of hydrogen-bond donors (Lipinski definition) is 2. The van der Waals surface area contributed by atoms with Crippen LogP contribution in [0.3, 0.4) is 0 Å². The largest absolute Gasteiger partial charge is 0.388 e. The first kappa shape index (κ1) is 20.1. The highest BCUT2D eigenvalue weighted by Crippen LogP contribution is 2.39. The molecule has 1 amide bonds. The second kappa shape index (κ2) is 8.28. The number of piperidine rings is 1. The number of hydrogen-bond acceptors (Lipinski definition) is 5. The fourth-order valence-corrected chi connectivity index (χ4v) is 3.96. The highest BCUT2D eigenvalue weighted by atomic mass is 35.5. The Morgan fingerprint density at radius 1 is 1.24 bits per heavy atom. The van der Waals surface area contributed by atoms with Crippen molar-refractivity contribution in [3.63, 3.8) is 0 Å². The molecule has 1 aromatic carbocycles. The summed E-state index contributed by atoms with van der Waals surface area (Å²) in [5.41, 5.74) is 0.935. The van der Waals surface area contributed by atoms with E-state index in [2.05, 4.69) is 20.2 Å². The molecule has 2 aromatic rings. The summed E-state index contributed by atoms with van der Waals surface area (Å²) in [5, 5.41) is 13.9. The molecule has 0 radical (unpaired) electrons. The van der Waals surface area contributed by atoms with Crippen molar-refractivity contribution < 1.29 is 9.90 Å². The van der Waals surface area contributed by atoms with Crippen LogP contribution in [0.2, 0.25) is 5.02 Å². The molecule has 2 aliphatic rings. The van der Waals surface area contributed by atoms with Crippen molar-refractivity contribution in [3.8, 4) is 11.3 Å². The molecule has 1 aromatic heterocycles. The van der Waals surface area contributed by atoms with Gasteiger partial charge in [0, 0.05) is 30.2 Å². The van der Waals surface area contributed by atoms with Crippen LogP contribution in [0.5, 0.6) is 0 Å². The SMILES string of the molecule is C[C@](O)(CNC(=O)c1cnc(N2CCCCC2)c(-c2ccc(Cl)cc2)n1)C1CC1. The molecular weight excluding hydrogens is 388 g/mol. The average molecular weight is 415 g/mol. The van der Waals surface area contributed by atoms with Gasteiger partial charge in [0.15, 0.2) is 5.82 Å². The molecule has 1 saturated carbocycles. The van der Waals surface area contributed by atoms with E-state index < -0.39 is 5.60 Å². The van der Waals surface area contributed by atoms with E-state index in [9.17, 15) is 9.90 Å². The van der Waals surface area contributed by atoms with E-state index in [-0.39, 0.29) is 24.1 Å². The quantitative estimate of drug-likeness (QED) is 0.753. The number of carbonyl (C=O) groups excluding carboxylic acids is 1. The molecule has 0 spiro atoms. The molecule has 2 heterocycles. The lowest BCUT2D eigenvalue weighted by Gasteiger charge is -2.29. The van der Waals surface area contributed by atoms with Crippen LogP contribution >= 0.6 is 11.6 Å². The first-order chi connectivity index (χ1) is 13.9. The number of nitrogens with zero attached hydrogens (tertiary/aromatic N) is 3. The third-order valence-corrected chi connectivity index (χ3v) is 6.07.